The molecule has 0 saturated carbocycles. The molecule has 0 aromatic rings. The number of ether oxygens (including phenoxy) is 1. The van der Waals surface area contributed by atoms with Crippen LogP contribution in [0.3, 0.4) is 0 Å². The molecule has 10 heavy (non-hydrogen) atoms. The Kier molecular flexibility index (Phi) is 4.74. The zero-order chi connectivity index (χ0) is 7.98. The van der Waals surface area contributed by atoms with Crippen molar-refractivity contribution in [2.75, 3.05) is 18.6 Å². The fraction of sp³-hybridized carbons (Fsp3) is 0.600. The topological polar surface area (TPSA) is 63.6 Å². The third kappa shape index (κ3) is 5.43. The van der Waals surface area contributed by atoms with Gasteiger partial charge in [0.25, 0.3) is 0 Å². The molecule has 0 bridgehead atoms. The summed E-state index contributed by atoms with van der Waals surface area (Å²) >= 11 is 1.02. The van der Waals surface area contributed by atoms with E-state index in [0.29, 0.717) is 0 Å². The first-order valence-corrected chi connectivity index (χ1v) is 3.68. The number of aliphatic carboxylic acids is 1. The zero-order valence-electron chi connectivity index (χ0n) is 5.49. The normalized spacial score (nSPS) is 8.90. The Labute approximate surface area is 62.6 Å². The number of hydrogen-bond donors (Lipinski definition) is 1. The van der Waals surface area contributed by atoms with E-state index >= 15 is 0 Å². The van der Waals surface area contributed by atoms with E-state index in [9.17, 15) is 9.59 Å². The maximum Gasteiger partial charge on any atom is 0.315 e. The minimum absolute atomic E-state index is 0.0604. The molecule has 0 saturated heterocycles. The predicted molar refractivity (Wildman–Crippen MR) is 37.0 cm³/mol. The van der Waals surface area contributed by atoms with Crippen LogP contribution in [0.5, 0.6) is 0 Å². The van der Waals surface area contributed by atoms with E-state index in [-0.39, 0.29) is 11.5 Å². The summed E-state index contributed by atoms with van der Waals surface area (Å²) in [6, 6.07) is 0. The van der Waals surface area contributed by atoms with Gasteiger partial charge in [0.05, 0.1) is 18.6 Å². The van der Waals surface area contributed by atoms with Crippen LogP contribution in [0.1, 0.15) is 0 Å². The van der Waals surface area contributed by atoms with Gasteiger partial charge in [0.2, 0.25) is 0 Å². The summed E-state index contributed by atoms with van der Waals surface area (Å²) in [5, 5.41) is 8.13. The average Bonchev–Trinajstić information content (AvgIpc) is 1.87. The lowest BCUT2D eigenvalue weighted by Gasteiger charge is -1.95. The molecule has 0 aliphatic rings. The van der Waals surface area contributed by atoms with Crippen LogP contribution >= 0.6 is 11.8 Å². The molecule has 1 N–H and O–H groups in total. The van der Waals surface area contributed by atoms with Gasteiger partial charge in [-0.3, -0.25) is 9.59 Å². The molecule has 0 aliphatic heterocycles. The lowest BCUT2D eigenvalue weighted by atomic mass is 10.8. The van der Waals surface area contributed by atoms with Gasteiger partial charge in [0, 0.05) is 0 Å². The lowest BCUT2D eigenvalue weighted by Crippen LogP contribution is -2.06. The molecule has 0 amide bonds. The second-order valence-electron chi connectivity index (χ2n) is 1.46. The van der Waals surface area contributed by atoms with Crippen molar-refractivity contribution in [2.24, 2.45) is 0 Å². The van der Waals surface area contributed by atoms with E-state index in [1.807, 2.05) is 0 Å². The summed E-state index contributed by atoms with van der Waals surface area (Å²) in [6.07, 6.45) is 0. The summed E-state index contributed by atoms with van der Waals surface area (Å²) in [4.78, 5) is 20.3. The van der Waals surface area contributed by atoms with Crippen molar-refractivity contribution >= 4 is 23.7 Å². The van der Waals surface area contributed by atoms with E-state index in [2.05, 4.69) is 4.74 Å². The molecule has 0 spiro atoms. The number of methoxy groups -OCH3 is 1. The summed E-state index contributed by atoms with van der Waals surface area (Å²) in [7, 11) is 1.27. The van der Waals surface area contributed by atoms with Gasteiger partial charge in [-0.05, 0) is 0 Å². The van der Waals surface area contributed by atoms with Crippen LogP contribution in [-0.2, 0) is 14.3 Å². The molecule has 58 valence electrons. The van der Waals surface area contributed by atoms with Gasteiger partial charge >= 0.3 is 11.9 Å². The maximum atomic E-state index is 10.4. The van der Waals surface area contributed by atoms with Crippen molar-refractivity contribution in [1.82, 2.24) is 0 Å². The van der Waals surface area contributed by atoms with Gasteiger partial charge < -0.3 is 9.84 Å². The van der Waals surface area contributed by atoms with Crippen molar-refractivity contribution in [3.63, 3.8) is 0 Å². The third-order valence-corrected chi connectivity index (χ3v) is 1.56. The molecule has 0 heterocycles. The Morgan fingerprint density at radius 3 is 2.50 bits per heavy atom. The van der Waals surface area contributed by atoms with Crippen molar-refractivity contribution < 1.29 is 19.4 Å². The minimum atomic E-state index is -0.922. The van der Waals surface area contributed by atoms with Crippen molar-refractivity contribution in [3.05, 3.63) is 0 Å². The summed E-state index contributed by atoms with van der Waals surface area (Å²) in [5.41, 5.74) is 0. The number of rotatable bonds is 4. The van der Waals surface area contributed by atoms with E-state index in [1.54, 1.807) is 0 Å². The van der Waals surface area contributed by atoms with Crippen LogP contribution in [0.4, 0.5) is 0 Å². The second-order valence-corrected chi connectivity index (χ2v) is 2.45. The van der Waals surface area contributed by atoms with Crippen LogP contribution in [-0.4, -0.2) is 35.7 Å². The molecular weight excluding hydrogens is 156 g/mol. The first-order valence-electron chi connectivity index (χ1n) is 2.53. The van der Waals surface area contributed by atoms with E-state index < -0.39 is 11.9 Å². The number of carbonyl (C=O) groups excluding carboxylic acids is 1. The van der Waals surface area contributed by atoms with E-state index in [0.717, 1.165) is 11.8 Å². The Morgan fingerprint density at radius 1 is 1.50 bits per heavy atom. The molecule has 0 fully saturated rings. The number of carbonyl (C=O) groups is 2. The molecule has 0 aliphatic carbocycles. The number of thioether (sulfide) groups is 1. The molecular formula is C5H8O4S. The number of carboxylic acids is 1. The highest BCUT2D eigenvalue weighted by atomic mass is 32.2. The van der Waals surface area contributed by atoms with Crippen LogP contribution in [0.25, 0.3) is 0 Å². The molecule has 0 radical (unpaired) electrons. The zero-order valence-corrected chi connectivity index (χ0v) is 6.31. The van der Waals surface area contributed by atoms with Crippen LogP contribution < -0.4 is 0 Å². The Hall–Kier alpha value is -0.710. The van der Waals surface area contributed by atoms with E-state index in [4.69, 9.17) is 5.11 Å². The summed E-state index contributed by atoms with van der Waals surface area (Å²) in [5.74, 6) is -1.28. The monoisotopic (exact) mass is 164 g/mol. The van der Waals surface area contributed by atoms with Crippen LogP contribution in [0.2, 0.25) is 0 Å². The quantitative estimate of drug-likeness (QED) is 0.591. The molecule has 0 rings (SSSR count). The first-order chi connectivity index (χ1) is 4.66. The highest BCUT2D eigenvalue weighted by molar-refractivity contribution is 8.00. The van der Waals surface area contributed by atoms with Gasteiger partial charge in [0.15, 0.2) is 0 Å². The smallest absolute Gasteiger partial charge is 0.315 e. The first kappa shape index (κ1) is 9.29. The molecule has 0 aromatic carbocycles. The third-order valence-electron chi connectivity index (χ3n) is 0.673. The van der Waals surface area contributed by atoms with Crippen molar-refractivity contribution in [2.45, 2.75) is 0 Å². The van der Waals surface area contributed by atoms with Crippen LogP contribution in [0, 0.1) is 0 Å². The number of carboxylic acid groups (broad SMARTS) is 1. The average molecular weight is 164 g/mol. The van der Waals surface area contributed by atoms with Gasteiger partial charge in [-0.25, -0.2) is 0 Å². The standard InChI is InChI=1S/C5H8O4S/c1-9-5(8)3-10-2-4(6)7/h2-3H2,1H3,(H,6,7). The highest BCUT2D eigenvalue weighted by Crippen LogP contribution is 1.98. The van der Waals surface area contributed by atoms with Gasteiger partial charge in [-0.1, -0.05) is 0 Å². The molecule has 0 atom stereocenters. The molecule has 5 heteroatoms. The van der Waals surface area contributed by atoms with Gasteiger partial charge in [-0.2, -0.15) is 0 Å². The highest BCUT2D eigenvalue weighted by Gasteiger charge is 2.02. The largest absolute Gasteiger partial charge is 0.481 e. The fourth-order valence-electron chi connectivity index (χ4n) is 0.281. The Bertz CT molecular complexity index is 134. The molecule has 0 aromatic heterocycles. The molecule has 0 unspecified atom stereocenters. The SMILES string of the molecule is COC(=O)CSCC(=O)O. The summed E-state index contributed by atoms with van der Waals surface area (Å²) in [6.45, 7) is 0. The minimum Gasteiger partial charge on any atom is -0.481 e. The number of hydrogen-bond acceptors (Lipinski definition) is 4. The van der Waals surface area contributed by atoms with Crippen LogP contribution in [0.15, 0.2) is 0 Å². The van der Waals surface area contributed by atoms with Gasteiger partial charge in [-0.15, -0.1) is 11.8 Å². The second kappa shape index (κ2) is 5.10. The predicted octanol–water partition coefficient (Wildman–Crippen LogP) is -0.0228. The molecule has 4 nitrogen and oxygen atoms in total. The number of esters is 1. The lowest BCUT2D eigenvalue weighted by molar-refractivity contribution is -0.137. The van der Waals surface area contributed by atoms with Crippen molar-refractivity contribution in [3.8, 4) is 0 Å². The summed E-state index contributed by atoms with van der Waals surface area (Å²) < 4.78 is 4.28. The maximum absolute atomic E-state index is 10.4. The Balaban J connectivity index is 3.20. The van der Waals surface area contributed by atoms with E-state index in [1.165, 1.54) is 7.11 Å². The fourth-order valence-corrected chi connectivity index (χ4v) is 0.842. The van der Waals surface area contributed by atoms with Gasteiger partial charge in [0.1, 0.15) is 0 Å². The Morgan fingerprint density at radius 2 is 2.10 bits per heavy atom. The van der Waals surface area contributed by atoms with Crippen molar-refractivity contribution in [1.29, 1.82) is 0 Å².